The predicted molar refractivity (Wildman–Crippen MR) is 80.6 cm³/mol. The maximum atomic E-state index is 11.5. The molecule has 0 spiro atoms. The zero-order valence-corrected chi connectivity index (χ0v) is 12.8. The van der Waals surface area contributed by atoms with E-state index >= 15 is 0 Å². The monoisotopic (exact) mass is 320 g/mol. The lowest BCUT2D eigenvalue weighted by atomic mass is 10.3. The highest BCUT2D eigenvalue weighted by Gasteiger charge is 2.03. The molecule has 0 saturated carbocycles. The first kappa shape index (κ1) is 16.3. The Morgan fingerprint density at radius 3 is 2.79 bits per heavy atom. The summed E-state index contributed by atoms with van der Waals surface area (Å²) in [6.45, 7) is 0.617. The second kappa shape index (κ2) is 10.1. The van der Waals surface area contributed by atoms with Crippen molar-refractivity contribution >= 4 is 44.8 Å². The highest BCUT2D eigenvalue weighted by Crippen LogP contribution is 2.20. The van der Waals surface area contributed by atoms with Gasteiger partial charge in [0, 0.05) is 35.5 Å². The number of carbonyl (C=O) groups excluding carboxylic acids is 1. The van der Waals surface area contributed by atoms with Crippen molar-refractivity contribution in [3.63, 3.8) is 0 Å². The smallest absolute Gasteiger partial charge is 0.304 e. The van der Waals surface area contributed by atoms with Crippen molar-refractivity contribution in [2.75, 3.05) is 18.1 Å². The van der Waals surface area contributed by atoms with Gasteiger partial charge in [0.05, 0.1) is 11.9 Å². The number of hydrogen-bond donors (Lipinski definition) is 2. The van der Waals surface area contributed by atoms with Gasteiger partial charge in [-0.3, -0.25) is 14.6 Å². The van der Waals surface area contributed by atoms with Crippen LogP contribution in [0.4, 0.5) is 0 Å². The fourth-order valence-electron chi connectivity index (χ4n) is 1.17. The van der Waals surface area contributed by atoms with Crippen molar-refractivity contribution in [3.05, 3.63) is 16.6 Å². The van der Waals surface area contributed by atoms with Gasteiger partial charge in [-0.25, -0.2) is 0 Å². The fourth-order valence-corrected chi connectivity index (χ4v) is 3.65. The van der Waals surface area contributed by atoms with Gasteiger partial charge in [0.1, 0.15) is 0 Å². The van der Waals surface area contributed by atoms with Gasteiger partial charge < -0.3 is 10.4 Å². The summed E-state index contributed by atoms with van der Waals surface area (Å²) in [7, 11) is 3.11. The molecule has 1 heterocycles. The van der Waals surface area contributed by atoms with Gasteiger partial charge in [-0.15, -0.1) is 11.3 Å². The van der Waals surface area contributed by atoms with Gasteiger partial charge in [0.15, 0.2) is 0 Å². The minimum atomic E-state index is -0.774. The molecule has 0 saturated heterocycles. The highest BCUT2D eigenvalue weighted by molar-refractivity contribution is 8.76. The van der Waals surface area contributed by atoms with E-state index in [1.807, 2.05) is 0 Å². The summed E-state index contributed by atoms with van der Waals surface area (Å²) in [6, 6.07) is 0. The van der Waals surface area contributed by atoms with E-state index < -0.39 is 5.97 Å². The number of carboxylic acid groups (broad SMARTS) is 1. The number of aromatic nitrogens is 1. The van der Waals surface area contributed by atoms with Crippen LogP contribution in [0.25, 0.3) is 0 Å². The van der Waals surface area contributed by atoms with E-state index in [0.717, 1.165) is 17.1 Å². The zero-order valence-electron chi connectivity index (χ0n) is 10.3. The fraction of sp³-hybridized carbons (Fsp3) is 0.545. The molecule has 19 heavy (non-hydrogen) atoms. The number of amides is 1. The van der Waals surface area contributed by atoms with Crippen molar-refractivity contribution in [1.82, 2.24) is 10.3 Å². The molecule has 0 aromatic carbocycles. The number of nitrogens with zero attached hydrogens (tertiary/aromatic N) is 1. The summed E-state index contributed by atoms with van der Waals surface area (Å²) in [4.78, 5) is 26.8. The second-order valence-electron chi connectivity index (χ2n) is 3.61. The molecule has 0 aliphatic carbocycles. The van der Waals surface area contributed by atoms with Crippen LogP contribution in [0.1, 0.15) is 17.7 Å². The molecule has 106 valence electrons. The van der Waals surface area contributed by atoms with Crippen LogP contribution in [0.3, 0.4) is 0 Å². The molecule has 0 aliphatic heterocycles. The van der Waals surface area contributed by atoms with Gasteiger partial charge in [0.2, 0.25) is 5.91 Å². The maximum Gasteiger partial charge on any atom is 0.304 e. The molecular weight excluding hydrogens is 304 g/mol. The summed E-state index contributed by atoms with van der Waals surface area (Å²) < 4.78 is 0. The molecule has 2 N–H and O–H groups in total. The third kappa shape index (κ3) is 8.90. The Kier molecular flexibility index (Phi) is 8.68. The van der Waals surface area contributed by atoms with Crippen molar-refractivity contribution in [3.8, 4) is 0 Å². The first-order valence-corrected chi connectivity index (χ1v) is 9.15. The van der Waals surface area contributed by atoms with Crippen LogP contribution in [-0.2, 0) is 16.0 Å². The number of aryl methyl sites for hydroxylation is 1. The summed E-state index contributed by atoms with van der Waals surface area (Å²) in [6.07, 6.45) is 3.18. The Labute approximate surface area is 124 Å². The van der Waals surface area contributed by atoms with E-state index in [0.29, 0.717) is 18.7 Å². The summed E-state index contributed by atoms with van der Waals surface area (Å²) in [5.41, 5.74) is 1.76. The van der Waals surface area contributed by atoms with E-state index in [-0.39, 0.29) is 12.3 Å². The molecule has 0 atom stereocenters. The first-order valence-electron chi connectivity index (χ1n) is 5.78. The van der Waals surface area contributed by atoms with Gasteiger partial charge >= 0.3 is 5.97 Å². The Morgan fingerprint density at radius 1 is 1.32 bits per heavy atom. The third-order valence-corrected chi connectivity index (χ3v) is 5.32. The molecule has 5 nitrogen and oxygen atoms in total. The largest absolute Gasteiger partial charge is 0.481 e. The predicted octanol–water partition coefficient (Wildman–Crippen LogP) is 2.05. The molecule has 1 amide bonds. The van der Waals surface area contributed by atoms with Crippen molar-refractivity contribution < 1.29 is 14.7 Å². The first-order chi connectivity index (χ1) is 9.18. The van der Waals surface area contributed by atoms with E-state index in [4.69, 9.17) is 5.11 Å². The number of thiazole rings is 1. The molecule has 8 heteroatoms. The van der Waals surface area contributed by atoms with Crippen molar-refractivity contribution in [2.24, 2.45) is 0 Å². The zero-order chi connectivity index (χ0) is 13.9. The van der Waals surface area contributed by atoms with Crippen LogP contribution in [0, 0.1) is 0 Å². The van der Waals surface area contributed by atoms with Gasteiger partial charge in [-0.05, 0) is 6.42 Å². The van der Waals surface area contributed by atoms with E-state index in [1.54, 1.807) is 33.8 Å². The van der Waals surface area contributed by atoms with Gasteiger partial charge in [-0.2, -0.15) is 0 Å². The number of carbonyl (C=O) groups is 2. The van der Waals surface area contributed by atoms with Crippen LogP contribution >= 0.6 is 32.9 Å². The molecule has 0 unspecified atom stereocenters. The van der Waals surface area contributed by atoms with Crippen LogP contribution in [0.2, 0.25) is 0 Å². The quantitative estimate of drug-likeness (QED) is 0.507. The average Bonchev–Trinajstić information content (AvgIpc) is 2.88. The van der Waals surface area contributed by atoms with Crippen LogP contribution in [-0.4, -0.2) is 40.0 Å². The van der Waals surface area contributed by atoms with Crippen molar-refractivity contribution in [1.29, 1.82) is 0 Å². The molecule has 1 aromatic rings. The van der Waals surface area contributed by atoms with E-state index in [2.05, 4.69) is 10.3 Å². The molecule has 0 bridgehead atoms. The Bertz CT molecular complexity index is 385. The molecular formula is C11H16N2O3S3. The lowest BCUT2D eigenvalue weighted by Crippen LogP contribution is -2.25. The van der Waals surface area contributed by atoms with E-state index in [9.17, 15) is 9.59 Å². The Balaban J connectivity index is 1.91. The molecule has 0 fully saturated rings. The van der Waals surface area contributed by atoms with Crippen molar-refractivity contribution in [2.45, 2.75) is 19.3 Å². The second-order valence-corrected chi connectivity index (χ2v) is 7.28. The lowest BCUT2D eigenvalue weighted by Gasteiger charge is -2.03. The third-order valence-electron chi connectivity index (χ3n) is 2.07. The summed E-state index contributed by atoms with van der Waals surface area (Å²) in [5.74, 6) is 0.657. The molecule has 0 radical (unpaired) electrons. The maximum absolute atomic E-state index is 11.5. The average molecular weight is 320 g/mol. The number of carboxylic acids is 1. The normalized spacial score (nSPS) is 10.3. The number of hydrogen-bond acceptors (Lipinski definition) is 6. The number of rotatable bonds is 10. The Morgan fingerprint density at radius 2 is 2.11 bits per heavy atom. The van der Waals surface area contributed by atoms with Crippen LogP contribution in [0.5, 0.6) is 0 Å². The van der Waals surface area contributed by atoms with Gasteiger partial charge in [-0.1, -0.05) is 21.6 Å². The van der Waals surface area contributed by atoms with Crippen LogP contribution < -0.4 is 5.32 Å². The van der Waals surface area contributed by atoms with Gasteiger partial charge in [0.25, 0.3) is 0 Å². The van der Waals surface area contributed by atoms with E-state index in [1.165, 1.54) is 10.8 Å². The highest BCUT2D eigenvalue weighted by atomic mass is 33.1. The topological polar surface area (TPSA) is 79.3 Å². The lowest BCUT2D eigenvalue weighted by molar-refractivity contribution is -0.136. The standard InChI is InChI=1S/C11H16N2O3S3/c14-10(2-1-9-7-12-8-17-9)13-4-6-19-18-5-3-11(15)16/h7-8H,1-6H2,(H,13,14)(H,15,16). The SMILES string of the molecule is O=C(O)CCSSCCNC(=O)CCc1cncs1. The summed E-state index contributed by atoms with van der Waals surface area (Å²) >= 11 is 1.56. The minimum Gasteiger partial charge on any atom is -0.481 e. The minimum absolute atomic E-state index is 0.0459. The molecule has 0 aliphatic rings. The Hall–Kier alpha value is -0.730. The molecule has 1 rings (SSSR count). The molecule has 1 aromatic heterocycles. The van der Waals surface area contributed by atoms with Crippen LogP contribution in [0.15, 0.2) is 11.7 Å². The number of nitrogens with one attached hydrogen (secondary N) is 1. The summed E-state index contributed by atoms with van der Waals surface area (Å²) in [5, 5.41) is 11.3. The number of aliphatic carboxylic acids is 1.